The van der Waals surface area contributed by atoms with Gasteiger partial charge in [-0.25, -0.2) is 4.98 Å². The van der Waals surface area contributed by atoms with E-state index in [0.29, 0.717) is 6.54 Å². The van der Waals surface area contributed by atoms with Crippen LogP contribution in [0.1, 0.15) is 44.1 Å². The Kier molecular flexibility index (Phi) is 3.81. The molecule has 0 radical (unpaired) electrons. The molecule has 2 N–H and O–H groups in total. The Morgan fingerprint density at radius 1 is 1.22 bits per heavy atom. The first-order valence-electron chi connectivity index (χ1n) is 8.73. The molecule has 1 aliphatic carbocycles. The van der Waals surface area contributed by atoms with Crippen LogP contribution in [0.3, 0.4) is 0 Å². The molecular formula is C18H24N4O. The molecule has 0 atom stereocenters. The third kappa shape index (κ3) is 2.63. The van der Waals surface area contributed by atoms with E-state index < -0.39 is 0 Å². The number of nitrogens with zero attached hydrogens (tertiary/aromatic N) is 2. The summed E-state index contributed by atoms with van der Waals surface area (Å²) in [6, 6.07) is 6.11. The second-order valence-corrected chi connectivity index (χ2v) is 6.87. The summed E-state index contributed by atoms with van der Waals surface area (Å²) < 4.78 is 0. The maximum atomic E-state index is 13.0. The minimum Gasteiger partial charge on any atom is -0.350 e. The fourth-order valence-electron chi connectivity index (χ4n) is 4.23. The van der Waals surface area contributed by atoms with Crippen LogP contribution >= 0.6 is 0 Å². The van der Waals surface area contributed by atoms with Gasteiger partial charge in [0.25, 0.3) is 0 Å². The normalized spacial score (nSPS) is 21.0. The highest BCUT2D eigenvalue weighted by molar-refractivity contribution is 5.87. The lowest BCUT2D eigenvalue weighted by atomic mass is 9.94. The van der Waals surface area contributed by atoms with Crippen molar-refractivity contribution in [2.75, 3.05) is 13.1 Å². The van der Waals surface area contributed by atoms with Gasteiger partial charge in [-0.1, -0.05) is 18.9 Å². The number of aromatic nitrogens is 2. The Morgan fingerprint density at radius 2 is 2.00 bits per heavy atom. The van der Waals surface area contributed by atoms with Gasteiger partial charge in [0.1, 0.15) is 5.54 Å². The molecule has 4 rings (SSSR count). The van der Waals surface area contributed by atoms with Crippen LogP contribution in [0.25, 0.3) is 11.0 Å². The molecule has 1 aromatic heterocycles. The number of hydrogen-bond donors (Lipinski definition) is 2. The molecule has 5 heteroatoms. The lowest BCUT2D eigenvalue weighted by Crippen LogP contribution is -2.56. The van der Waals surface area contributed by atoms with E-state index in [1.165, 1.54) is 25.7 Å². The number of hydrogen-bond acceptors (Lipinski definition) is 3. The summed E-state index contributed by atoms with van der Waals surface area (Å²) >= 11 is 0. The standard InChI is InChI=1S/C18H24N4O/c23-17(18(7-1-2-8-18)22-9-3-4-10-22)19-12-14-5-6-15-16(11-14)21-13-20-15/h5-6,11,13H,1-4,7-10,12H2,(H,19,23)(H,20,21). The van der Waals surface area contributed by atoms with Crippen LogP contribution in [-0.2, 0) is 11.3 Å². The third-order valence-corrected chi connectivity index (χ3v) is 5.50. The Labute approximate surface area is 136 Å². The maximum Gasteiger partial charge on any atom is 0.240 e. The highest BCUT2D eigenvalue weighted by atomic mass is 16.2. The molecule has 1 saturated carbocycles. The quantitative estimate of drug-likeness (QED) is 0.912. The molecule has 0 unspecified atom stereocenters. The SMILES string of the molecule is O=C(NCc1ccc2nc[nH]c2c1)C1(N2CCCC2)CCCC1. The number of nitrogens with one attached hydrogen (secondary N) is 2. The second kappa shape index (κ2) is 5.96. The first kappa shape index (κ1) is 14.7. The van der Waals surface area contributed by atoms with Crippen molar-refractivity contribution in [3.8, 4) is 0 Å². The van der Waals surface area contributed by atoms with E-state index in [0.717, 1.165) is 42.5 Å². The summed E-state index contributed by atoms with van der Waals surface area (Å²) in [5.74, 6) is 0.224. The van der Waals surface area contributed by atoms with E-state index in [4.69, 9.17) is 0 Å². The van der Waals surface area contributed by atoms with Gasteiger partial charge in [0.15, 0.2) is 0 Å². The van der Waals surface area contributed by atoms with E-state index in [9.17, 15) is 4.79 Å². The van der Waals surface area contributed by atoms with Crippen molar-refractivity contribution in [2.24, 2.45) is 0 Å². The number of likely N-dealkylation sites (tertiary alicyclic amines) is 1. The molecular weight excluding hydrogens is 288 g/mol. The van der Waals surface area contributed by atoms with Gasteiger partial charge in [0, 0.05) is 6.54 Å². The molecule has 2 heterocycles. The van der Waals surface area contributed by atoms with Crippen LogP contribution < -0.4 is 5.32 Å². The summed E-state index contributed by atoms with van der Waals surface area (Å²) in [7, 11) is 0. The van der Waals surface area contributed by atoms with Gasteiger partial charge in [-0.05, 0) is 56.5 Å². The molecule has 1 aromatic carbocycles. The summed E-state index contributed by atoms with van der Waals surface area (Å²) in [6.07, 6.45) is 8.52. The summed E-state index contributed by atoms with van der Waals surface area (Å²) in [4.78, 5) is 22.8. The van der Waals surface area contributed by atoms with Crippen LogP contribution in [0, 0.1) is 0 Å². The summed E-state index contributed by atoms with van der Waals surface area (Å²) in [5.41, 5.74) is 2.86. The zero-order valence-corrected chi connectivity index (χ0v) is 13.5. The van der Waals surface area contributed by atoms with Gasteiger partial charge in [0.05, 0.1) is 17.4 Å². The highest BCUT2D eigenvalue weighted by Gasteiger charge is 2.46. The zero-order valence-electron chi connectivity index (χ0n) is 13.5. The molecule has 1 aliphatic heterocycles. The molecule has 2 fully saturated rings. The smallest absolute Gasteiger partial charge is 0.240 e. The van der Waals surface area contributed by atoms with E-state index in [1.54, 1.807) is 6.33 Å². The van der Waals surface area contributed by atoms with Crippen molar-refractivity contribution < 1.29 is 4.79 Å². The van der Waals surface area contributed by atoms with Crippen molar-refractivity contribution in [3.05, 3.63) is 30.1 Å². The number of aromatic amines is 1. The lowest BCUT2D eigenvalue weighted by Gasteiger charge is -2.37. The highest BCUT2D eigenvalue weighted by Crippen LogP contribution is 2.37. The van der Waals surface area contributed by atoms with Crippen LogP contribution in [0.2, 0.25) is 0 Å². The molecule has 122 valence electrons. The van der Waals surface area contributed by atoms with Gasteiger partial charge >= 0.3 is 0 Å². The molecule has 23 heavy (non-hydrogen) atoms. The van der Waals surface area contributed by atoms with E-state index >= 15 is 0 Å². The van der Waals surface area contributed by atoms with Gasteiger partial charge in [-0.2, -0.15) is 0 Å². The van der Waals surface area contributed by atoms with Crippen molar-refractivity contribution in [2.45, 2.75) is 50.6 Å². The first-order chi connectivity index (χ1) is 11.3. The maximum absolute atomic E-state index is 13.0. The largest absolute Gasteiger partial charge is 0.350 e. The Bertz CT molecular complexity index is 696. The van der Waals surface area contributed by atoms with Crippen molar-refractivity contribution in [3.63, 3.8) is 0 Å². The number of fused-ring (bicyclic) bond motifs is 1. The van der Waals surface area contributed by atoms with Crippen LogP contribution in [0.15, 0.2) is 24.5 Å². The van der Waals surface area contributed by atoms with Gasteiger partial charge < -0.3 is 10.3 Å². The first-order valence-corrected chi connectivity index (χ1v) is 8.73. The van der Waals surface area contributed by atoms with Crippen LogP contribution in [-0.4, -0.2) is 39.4 Å². The number of carbonyl (C=O) groups is 1. The van der Waals surface area contributed by atoms with Gasteiger partial charge in [-0.3, -0.25) is 9.69 Å². The Hall–Kier alpha value is -1.88. The summed E-state index contributed by atoms with van der Waals surface area (Å²) in [6.45, 7) is 2.74. The molecule has 2 aliphatic rings. The van der Waals surface area contributed by atoms with E-state index in [-0.39, 0.29) is 11.4 Å². The monoisotopic (exact) mass is 312 g/mol. The van der Waals surface area contributed by atoms with Crippen LogP contribution in [0.4, 0.5) is 0 Å². The number of amides is 1. The summed E-state index contributed by atoms with van der Waals surface area (Å²) in [5, 5.41) is 3.20. The number of H-pyrrole nitrogens is 1. The molecule has 1 amide bonds. The number of rotatable bonds is 4. The number of imidazole rings is 1. The molecule has 1 saturated heterocycles. The minimum atomic E-state index is -0.241. The van der Waals surface area contributed by atoms with Crippen molar-refractivity contribution in [1.29, 1.82) is 0 Å². The number of carbonyl (C=O) groups excluding carboxylic acids is 1. The second-order valence-electron chi connectivity index (χ2n) is 6.87. The van der Waals surface area contributed by atoms with Gasteiger partial charge in [-0.15, -0.1) is 0 Å². The predicted octanol–water partition coefficient (Wildman–Crippen LogP) is 2.59. The van der Waals surface area contributed by atoms with Crippen molar-refractivity contribution in [1.82, 2.24) is 20.2 Å². The Balaban J connectivity index is 1.47. The molecule has 0 spiro atoms. The fraction of sp³-hybridized carbons (Fsp3) is 0.556. The predicted molar refractivity (Wildman–Crippen MR) is 89.9 cm³/mol. The zero-order chi connectivity index (χ0) is 15.7. The minimum absolute atomic E-state index is 0.224. The average Bonchev–Trinajstić information content (AvgIpc) is 3.32. The number of benzene rings is 1. The van der Waals surface area contributed by atoms with E-state index in [1.807, 2.05) is 12.1 Å². The average molecular weight is 312 g/mol. The third-order valence-electron chi connectivity index (χ3n) is 5.50. The fourth-order valence-corrected chi connectivity index (χ4v) is 4.23. The molecule has 0 bridgehead atoms. The van der Waals surface area contributed by atoms with Crippen molar-refractivity contribution >= 4 is 16.9 Å². The van der Waals surface area contributed by atoms with Crippen LogP contribution in [0.5, 0.6) is 0 Å². The molecule has 5 nitrogen and oxygen atoms in total. The van der Waals surface area contributed by atoms with Gasteiger partial charge in [0.2, 0.25) is 5.91 Å². The molecule has 2 aromatic rings. The van der Waals surface area contributed by atoms with E-state index in [2.05, 4.69) is 26.3 Å². The topological polar surface area (TPSA) is 61.0 Å². The lowest BCUT2D eigenvalue weighted by molar-refractivity contribution is -0.133. The Morgan fingerprint density at radius 3 is 2.78 bits per heavy atom.